The minimum atomic E-state index is -1.01. The van der Waals surface area contributed by atoms with E-state index in [-0.39, 0.29) is 17.4 Å². The number of anilines is 1. The number of hydrogen-bond donors (Lipinski definition) is 0. The van der Waals surface area contributed by atoms with Gasteiger partial charge in [-0.25, -0.2) is 19.0 Å². The molecular weight excluding hydrogens is 647 g/mol. The van der Waals surface area contributed by atoms with Crippen LogP contribution >= 0.6 is 0 Å². The van der Waals surface area contributed by atoms with E-state index in [1.807, 2.05) is 62.4 Å². The van der Waals surface area contributed by atoms with E-state index in [0.717, 1.165) is 49.1 Å². The van der Waals surface area contributed by atoms with Gasteiger partial charge >= 0.3 is 12.2 Å². The number of aryl methyl sites for hydroxylation is 2. The quantitative estimate of drug-likeness (QED) is 0.164. The minimum Gasteiger partial charge on any atom is -0.442 e. The van der Waals surface area contributed by atoms with Crippen LogP contribution in [0.25, 0.3) is 16.6 Å². The van der Waals surface area contributed by atoms with Crippen LogP contribution in [0, 0.1) is 25.6 Å². The summed E-state index contributed by atoms with van der Waals surface area (Å²) in [5.74, 6) is -2.09. The van der Waals surface area contributed by atoms with E-state index in [4.69, 9.17) is 14.5 Å². The second-order valence-electron chi connectivity index (χ2n) is 15.2. The molecule has 1 atom stereocenters. The highest BCUT2D eigenvalue weighted by atomic mass is 19.1. The molecule has 5 rings (SSSR count). The highest BCUT2D eigenvalue weighted by molar-refractivity contribution is 6.03. The van der Waals surface area contributed by atoms with E-state index in [1.54, 1.807) is 77.9 Å². The van der Waals surface area contributed by atoms with Gasteiger partial charge in [-0.1, -0.05) is 56.3 Å². The lowest BCUT2D eigenvalue weighted by Gasteiger charge is -2.37. The number of rotatable bonds is 6. The molecular formula is C41H47FN4O5. The number of para-hydroxylation sites is 1. The average Bonchev–Trinajstić information content (AvgIpc) is 3.31. The number of carbonyl (C=O) groups is 3. The number of halogens is 1. The summed E-state index contributed by atoms with van der Waals surface area (Å²) in [6.45, 7) is 17.9. The summed E-state index contributed by atoms with van der Waals surface area (Å²) in [5, 5.41) is 2.63. The van der Waals surface area contributed by atoms with E-state index in [2.05, 4.69) is 0 Å². The van der Waals surface area contributed by atoms with Crippen LogP contribution in [0.3, 0.4) is 0 Å². The monoisotopic (exact) mass is 694 g/mol. The van der Waals surface area contributed by atoms with Gasteiger partial charge in [0.15, 0.2) is 0 Å². The number of nitrogens with zero attached hydrogens (tertiary/aromatic N) is 4. The van der Waals surface area contributed by atoms with Crippen molar-refractivity contribution in [1.82, 2.24) is 14.4 Å². The van der Waals surface area contributed by atoms with E-state index >= 15 is 0 Å². The van der Waals surface area contributed by atoms with E-state index in [0.29, 0.717) is 12.0 Å². The topological polar surface area (TPSA) is 93.5 Å². The SMILES string of the molecule is Cc1cc(C)n2c(n1)c(Cc1ccc(C(C(=O)N(C(=O)OC(C)(C)C)N(C(=O)OC(C)(C)C)c3ccccc3)C(C)C)cc1)c1ccc(F)cc12. The summed E-state index contributed by atoms with van der Waals surface area (Å²) in [4.78, 5) is 47.4. The average molecular weight is 695 g/mol. The third kappa shape index (κ3) is 8.22. The van der Waals surface area contributed by atoms with Crippen LogP contribution in [0.2, 0.25) is 0 Å². The van der Waals surface area contributed by atoms with Gasteiger partial charge in [0, 0.05) is 28.8 Å². The van der Waals surface area contributed by atoms with Gasteiger partial charge in [0.2, 0.25) is 0 Å². The molecule has 0 N–H and O–H groups in total. The molecule has 3 amide bonds. The molecule has 0 spiro atoms. The Kier molecular flexibility index (Phi) is 10.3. The van der Waals surface area contributed by atoms with E-state index in [9.17, 15) is 18.8 Å². The Morgan fingerprint density at radius 1 is 0.824 bits per heavy atom. The highest BCUT2D eigenvalue weighted by Crippen LogP contribution is 2.33. The first kappa shape index (κ1) is 37.0. The minimum absolute atomic E-state index is 0.259. The van der Waals surface area contributed by atoms with Gasteiger partial charge in [0.25, 0.3) is 5.91 Å². The van der Waals surface area contributed by atoms with Crippen LogP contribution in [0.15, 0.2) is 78.9 Å². The van der Waals surface area contributed by atoms with Gasteiger partial charge in [0.05, 0.1) is 17.1 Å². The number of carbonyl (C=O) groups excluding carboxylic acids is 3. The fourth-order valence-electron chi connectivity index (χ4n) is 6.27. The third-order valence-corrected chi connectivity index (χ3v) is 8.26. The van der Waals surface area contributed by atoms with E-state index in [1.165, 1.54) is 12.1 Å². The molecule has 0 saturated heterocycles. The first-order valence-electron chi connectivity index (χ1n) is 17.2. The van der Waals surface area contributed by atoms with Gasteiger partial charge in [-0.05, 0) is 109 Å². The Bertz CT molecular complexity index is 2080. The predicted molar refractivity (Wildman–Crippen MR) is 197 cm³/mol. The number of amides is 3. The summed E-state index contributed by atoms with van der Waals surface area (Å²) in [6, 6.07) is 22.8. The second kappa shape index (κ2) is 14.2. The molecule has 268 valence electrons. The van der Waals surface area contributed by atoms with Crippen LogP contribution < -0.4 is 5.01 Å². The molecule has 0 radical (unpaired) electrons. The van der Waals surface area contributed by atoms with Crippen molar-refractivity contribution in [3.63, 3.8) is 0 Å². The molecule has 0 fully saturated rings. The Hall–Kier alpha value is -5.25. The normalized spacial score (nSPS) is 12.6. The highest BCUT2D eigenvalue weighted by Gasteiger charge is 2.42. The second-order valence-corrected chi connectivity index (χ2v) is 15.2. The van der Waals surface area contributed by atoms with Gasteiger partial charge in [0.1, 0.15) is 22.7 Å². The van der Waals surface area contributed by atoms with Crippen molar-refractivity contribution >= 4 is 40.3 Å². The smallest absolute Gasteiger partial charge is 0.437 e. The molecule has 2 heterocycles. The van der Waals surface area contributed by atoms with Crippen LogP contribution in [-0.2, 0) is 20.7 Å². The number of ether oxygens (including phenoxy) is 2. The van der Waals surface area contributed by atoms with Gasteiger partial charge in [-0.2, -0.15) is 5.01 Å². The van der Waals surface area contributed by atoms with Crippen molar-refractivity contribution < 1.29 is 28.2 Å². The molecule has 0 saturated carbocycles. The number of benzene rings is 3. The summed E-state index contributed by atoms with van der Waals surface area (Å²) in [5.41, 5.74) is 4.29. The van der Waals surface area contributed by atoms with Crippen molar-refractivity contribution in [2.75, 3.05) is 5.01 Å². The first-order chi connectivity index (χ1) is 23.8. The Labute approximate surface area is 299 Å². The lowest BCUT2D eigenvalue weighted by molar-refractivity contribution is -0.133. The molecule has 1 unspecified atom stereocenters. The van der Waals surface area contributed by atoms with Gasteiger partial charge in [-0.15, -0.1) is 5.01 Å². The van der Waals surface area contributed by atoms with E-state index < -0.39 is 35.2 Å². The molecule has 9 nitrogen and oxygen atoms in total. The maximum absolute atomic E-state index is 14.8. The maximum Gasteiger partial charge on any atom is 0.437 e. The molecule has 51 heavy (non-hydrogen) atoms. The summed E-state index contributed by atoms with van der Waals surface area (Å²) >= 11 is 0. The third-order valence-electron chi connectivity index (χ3n) is 8.26. The lowest BCUT2D eigenvalue weighted by atomic mass is 9.86. The van der Waals surface area contributed by atoms with Crippen LogP contribution in [0.4, 0.5) is 19.7 Å². The summed E-state index contributed by atoms with van der Waals surface area (Å²) < 4.78 is 27.8. The van der Waals surface area contributed by atoms with Crippen molar-refractivity contribution in [2.45, 2.75) is 92.8 Å². The molecule has 3 aromatic carbocycles. The number of fused-ring (bicyclic) bond motifs is 3. The maximum atomic E-state index is 14.8. The zero-order chi connectivity index (χ0) is 37.4. The fourth-order valence-corrected chi connectivity index (χ4v) is 6.27. The van der Waals surface area contributed by atoms with Crippen LogP contribution in [-0.4, -0.2) is 43.7 Å². The van der Waals surface area contributed by atoms with Crippen molar-refractivity contribution in [1.29, 1.82) is 0 Å². The van der Waals surface area contributed by atoms with Crippen molar-refractivity contribution in [3.05, 3.63) is 113 Å². The number of imide groups is 1. The molecule has 0 aliphatic heterocycles. The van der Waals surface area contributed by atoms with Crippen LogP contribution in [0.1, 0.15) is 89.4 Å². The standard InChI is InChI=1S/C41H47FN4O5/c1-25(2)35(37(47)46(39(49)51-41(8,9)10)45(31-14-12-11-13-15-31)38(48)50-40(5,6)7)29-18-16-28(17-19-29)23-33-32-21-20-30(42)24-34(32)44-27(4)22-26(3)43-36(33)44/h11-22,24-25,35H,23H2,1-10H3. The Morgan fingerprint density at radius 3 is 2.02 bits per heavy atom. The van der Waals surface area contributed by atoms with Crippen molar-refractivity contribution in [2.24, 2.45) is 5.92 Å². The predicted octanol–water partition coefficient (Wildman–Crippen LogP) is 9.69. The number of hydrazine groups is 1. The molecule has 0 aliphatic carbocycles. The molecule has 10 heteroatoms. The summed E-state index contributed by atoms with van der Waals surface area (Å²) in [6.07, 6.45) is -1.40. The van der Waals surface area contributed by atoms with Crippen LogP contribution in [0.5, 0.6) is 0 Å². The summed E-state index contributed by atoms with van der Waals surface area (Å²) in [7, 11) is 0. The van der Waals surface area contributed by atoms with Gasteiger partial charge < -0.3 is 9.47 Å². The Balaban J connectivity index is 1.56. The zero-order valence-corrected chi connectivity index (χ0v) is 31.1. The number of aromatic nitrogens is 2. The Morgan fingerprint density at radius 2 is 1.43 bits per heavy atom. The van der Waals surface area contributed by atoms with Gasteiger partial charge in [-0.3, -0.25) is 9.20 Å². The zero-order valence-electron chi connectivity index (χ0n) is 31.1. The largest absolute Gasteiger partial charge is 0.442 e. The molecule has 5 aromatic rings. The molecule has 0 aliphatic rings. The first-order valence-corrected chi connectivity index (χ1v) is 17.2. The molecule has 0 bridgehead atoms. The number of hydrogen-bond acceptors (Lipinski definition) is 6. The molecule has 2 aromatic heterocycles. The van der Waals surface area contributed by atoms with Crippen molar-refractivity contribution in [3.8, 4) is 0 Å². The fraction of sp³-hybridized carbons (Fsp3) is 0.366. The lowest BCUT2D eigenvalue weighted by Crippen LogP contribution is -2.57.